The van der Waals surface area contributed by atoms with Crippen LogP contribution < -0.4 is 15.4 Å². The molecule has 0 heterocycles. The first-order valence-electron chi connectivity index (χ1n) is 9.47. The van der Waals surface area contributed by atoms with E-state index in [-0.39, 0.29) is 11.8 Å². The Kier molecular flexibility index (Phi) is 7.00. The van der Waals surface area contributed by atoms with E-state index in [4.69, 9.17) is 4.74 Å². The zero-order valence-corrected chi connectivity index (χ0v) is 16.4. The Morgan fingerprint density at radius 2 is 1.28 bits per heavy atom. The molecule has 0 unspecified atom stereocenters. The van der Waals surface area contributed by atoms with Crippen LogP contribution in [0.4, 0.5) is 0 Å². The van der Waals surface area contributed by atoms with Crippen molar-refractivity contribution in [3.8, 4) is 5.75 Å². The van der Waals surface area contributed by atoms with E-state index in [1.54, 1.807) is 12.1 Å². The van der Waals surface area contributed by atoms with Gasteiger partial charge >= 0.3 is 0 Å². The average Bonchev–Trinajstić information content (AvgIpc) is 2.76. The Morgan fingerprint density at radius 3 is 1.90 bits per heavy atom. The minimum absolute atomic E-state index is 0.0792. The first-order chi connectivity index (χ1) is 14.1. The number of carbonyl (C=O) groups excluding carboxylic acids is 2. The highest BCUT2D eigenvalue weighted by atomic mass is 16.5. The van der Waals surface area contributed by atoms with E-state index in [2.05, 4.69) is 10.6 Å². The molecule has 5 heteroatoms. The van der Waals surface area contributed by atoms with E-state index < -0.39 is 0 Å². The smallest absolute Gasteiger partial charge is 0.251 e. The summed E-state index contributed by atoms with van der Waals surface area (Å²) in [5.74, 6) is 0.629. The lowest BCUT2D eigenvalue weighted by Gasteiger charge is -2.09. The topological polar surface area (TPSA) is 67.4 Å². The number of rotatable bonds is 8. The van der Waals surface area contributed by atoms with Gasteiger partial charge in [-0.25, -0.2) is 0 Å². The number of hydrogen-bond donors (Lipinski definition) is 2. The van der Waals surface area contributed by atoms with Crippen LogP contribution in [0, 0.1) is 0 Å². The molecule has 5 nitrogen and oxygen atoms in total. The lowest BCUT2D eigenvalue weighted by atomic mass is 10.1. The molecule has 29 heavy (non-hydrogen) atoms. The molecule has 0 aliphatic carbocycles. The van der Waals surface area contributed by atoms with Crippen molar-refractivity contribution in [2.45, 2.75) is 26.6 Å². The fourth-order valence-electron chi connectivity index (χ4n) is 2.72. The lowest BCUT2D eigenvalue weighted by molar-refractivity contribution is -0.119. The highest BCUT2D eigenvalue weighted by Gasteiger charge is 2.06. The van der Waals surface area contributed by atoms with E-state index in [0.717, 1.165) is 22.4 Å². The van der Waals surface area contributed by atoms with Crippen LogP contribution in [0.1, 0.15) is 34.0 Å². The molecule has 148 valence electrons. The molecular weight excluding hydrogens is 364 g/mol. The first-order valence-corrected chi connectivity index (χ1v) is 9.47. The lowest BCUT2D eigenvalue weighted by Crippen LogP contribution is -2.23. The van der Waals surface area contributed by atoms with Crippen molar-refractivity contribution in [3.05, 3.63) is 101 Å². The van der Waals surface area contributed by atoms with Crippen LogP contribution in [-0.4, -0.2) is 11.8 Å². The fraction of sp³-hybridized carbons (Fsp3) is 0.167. The van der Waals surface area contributed by atoms with Gasteiger partial charge in [-0.3, -0.25) is 9.59 Å². The predicted molar refractivity (Wildman–Crippen MR) is 112 cm³/mol. The maximum absolute atomic E-state index is 12.3. The number of benzene rings is 3. The molecule has 0 aromatic heterocycles. The van der Waals surface area contributed by atoms with Crippen molar-refractivity contribution < 1.29 is 14.3 Å². The molecule has 0 fully saturated rings. The Labute approximate surface area is 170 Å². The molecule has 3 aromatic rings. The number of nitrogens with one attached hydrogen (secondary N) is 2. The van der Waals surface area contributed by atoms with Crippen molar-refractivity contribution in [1.82, 2.24) is 10.6 Å². The minimum atomic E-state index is -0.132. The Bertz CT molecular complexity index is 936. The molecule has 3 rings (SSSR count). The van der Waals surface area contributed by atoms with E-state index in [1.165, 1.54) is 6.92 Å². The van der Waals surface area contributed by atoms with Crippen molar-refractivity contribution in [3.63, 3.8) is 0 Å². The van der Waals surface area contributed by atoms with Crippen molar-refractivity contribution >= 4 is 11.8 Å². The van der Waals surface area contributed by atoms with Gasteiger partial charge in [0.1, 0.15) is 12.4 Å². The van der Waals surface area contributed by atoms with Gasteiger partial charge in [0.2, 0.25) is 5.91 Å². The van der Waals surface area contributed by atoms with Crippen LogP contribution in [-0.2, 0) is 24.5 Å². The van der Waals surface area contributed by atoms with Crippen LogP contribution in [0.2, 0.25) is 0 Å². The summed E-state index contributed by atoms with van der Waals surface area (Å²) >= 11 is 0. The van der Waals surface area contributed by atoms with Crippen LogP contribution >= 0.6 is 0 Å². The van der Waals surface area contributed by atoms with Gasteiger partial charge in [-0.15, -0.1) is 0 Å². The quantitative estimate of drug-likeness (QED) is 0.616. The third kappa shape index (κ3) is 6.50. The number of amides is 2. The third-order valence-corrected chi connectivity index (χ3v) is 4.38. The second kappa shape index (κ2) is 10.1. The number of para-hydroxylation sites is 1. The average molecular weight is 388 g/mol. The van der Waals surface area contributed by atoms with E-state index in [0.29, 0.717) is 25.3 Å². The van der Waals surface area contributed by atoms with Gasteiger partial charge in [0.15, 0.2) is 0 Å². The molecule has 0 aliphatic heterocycles. The van der Waals surface area contributed by atoms with Crippen LogP contribution in [0.5, 0.6) is 5.75 Å². The fourth-order valence-corrected chi connectivity index (χ4v) is 2.72. The number of ether oxygens (including phenoxy) is 1. The predicted octanol–water partition coefficient (Wildman–Crippen LogP) is 3.83. The van der Waals surface area contributed by atoms with Crippen LogP contribution in [0.15, 0.2) is 78.9 Å². The monoisotopic (exact) mass is 388 g/mol. The number of hydrogen-bond acceptors (Lipinski definition) is 3. The zero-order chi connectivity index (χ0) is 20.5. The van der Waals surface area contributed by atoms with E-state index in [9.17, 15) is 9.59 Å². The molecule has 0 atom stereocenters. The zero-order valence-electron chi connectivity index (χ0n) is 16.4. The normalized spacial score (nSPS) is 10.2. The molecule has 0 spiro atoms. The summed E-state index contributed by atoms with van der Waals surface area (Å²) < 4.78 is 5.74. The Hall–Kier alpha value is -3.60. The maximum Gasteiger partial charge on any atom is 0.251 e. The molecule has 3 aromatic carbocycles. The highest BCUT2D eigenvalue weighted by Crippen LogP contribution is 2.12. The van der Waals surface area contributed by atoms with Gasteiger partial charge in [0.25, 0.3) is 5.91 Å². The molecule has 2 amide bonds. The summed E-state index contributed by atoms with van der Waals surface area (Å²) in [4.78, 5) is 23.3. The summed E-state index contributed by atoms with van der Waals surface area (Å²) in [6, 6.07) is 24.9. The maximum atomic E-state index is 12.3. The standard InChI is InChI=1S/C24H24N2O3/c1-18(27)25-15-20-11-13-22(14-12-20)24(28)26-16-19-7-9-21(10-8-19)17-29-23-5-3-2-4-6-23/h2-14H,15-17H2,1H3,(H,25,27)(H,26,28). The molecule has 0 saturated heterocycles. The van der Waals surface area contributed by atoms with Crippen molar-refractivity contribution in [2.24, 2.45) is 0 Å². The summed E-state index contributed by atoms with van der Waals surface area (Å²) in [7, 11) is 0. The molecule has 0 saturated carbocycles. The third-order valence-electron chi connectivity index (χ3n) is 4.38. The van der Waals surface area contributed by atoms with Crippen LogP contribution in [0.25, 0.3) is 0 Å². The highest BCUT2D eigenvalue weighted by molar-refractivity contribution is 5.94. The summed E-state index contributed by atoms with van der Waals surface area (Å²) in [5.41, 5.74) is 3.62. The summed E-state index contributed by atoms with van der Waals surface area (Å²) in [6.45, 7) is 2.88. The molecule has 0 radical (unpaired) electrons. The summed E-state index contributed by atoms with van der Waals surface area (Å²) in [5, 5.41) is 5.65. The van der Waals surface area contributed by atoms with Gasteiger partial charge in [-0.05, 0) is 41.0 Å². The Morgan fingerprint density at radius 1 is 0.724 bits per heavy atom. The van der Waals surface area contributed by atoms with Gasteiger partial charge in [0.05, 0.1) is 0 Å². The van der Waals surface area contributed by atoms with Gasteiger partial charge < -0.3 is 15.4 Å². The Balaban J connectivity index is 1.46. The first kappa shape index (κ1) is 20.1. The summed E-state index contributed by atoms with van der Waals surface area (Å²) in [6.07, 6.45) is 0. The second-order valence-corrected chi connectivity index (χ2v) is 6.71. The molecule has 0 aliphatic rings. The van der Waals surface area contributed by atoms with E-state index in [1.807, 2.05) is 66.7 Å². The van der Waals surface area contributed by atoms with Crippen LogP contribution in [0.3, 0.4) is 0 Å². The largest absolute Gasteiger partial charge is 0.489 e. The molecule has 0 bridgehead atoms. The van der Waals surface area contributed by atoms with Crippen molar-refractivity contribution in [1.29, 1.82) is 0 Å². The van der Waals surface area contributed by atoms with Gasteiger partial charge in [-0.2, -0.15) is 0 Å². The van der Waals surface area contributed by atoms with Crippen molar-refractivity contribution in [2.75, 3.05) is 0 Å². The molecular formula is C24H24N2O3. The second-order valence-electron chi connectivity index (χ2n) is 6.71. The van der Waals surface area contributed by atoms with E-state index >= 15 is 0 Å². The minimum Gasteiger partial charge on any atom is -0.489 e. The number of carbonyl (C=O) groups is 2. The van der Waals surface area contributed by atoms with Gasteiger partial charge in [0, 0.05) is 25.6 Å². The SMILES string of the molecule is CC(=O)NCc1ccc(C(=O)NCc2ccc(COc3ccccc3)cc2)cc1. The molecule has 2 N–H and O–H groups in total. The van der Waals surface area contributed by atoms with Gasteiger partial charge in [-0.1, -0.05) is 54.6 Å².